The van der Waals surface area contributed by atoms with Crippen molar-refractivity contribution in [3.63, 3.8) is 0 Å². The Morgan fingerprint density at radius 3 is 0.520 bits per heavy atom. The molecule has 4 aromatic rings. The van der Waals surface area contributed by atoms with Crippen LogP contribution in [0.1, 0.15) is 0 Å². The quantitative estimate of drug-likeness (QED) is 0.102. The predicted octanol–water partition coefficient (Wildman–Crippen LogP) is 5.53. The van der Waals surface area contributed by atoms with Crippen LogP contribution in [-0.4, -0.2) is 28.6 Å². The van der Waals surface area contributed by atoms with Crippen molar-refractivity contribution in [1.82, 2.24) is 0 Å². The van der Waals surface area contributed by atoms with E-state index >= 15 is 0 Å². The van der Waals surface area contributed by atoms with Crippen LogP contribution >= 0.6 is 0 Å². The summed E-state index contributed by atoms with van der Waals surface area (Å²) < 4.78 is 296. The van der Waals surface area contributed by atoms with Crippen molar-refractivity contribution in [3.05, 3.63) is 116 Å². The zero-order valence-electron chi connectivity index (χ0n) is 23.1. The molecule has 0 saturated carbocycles. The second-order valence-electron chi connectivity index (χ2n) is 9.53. The van der Waals surface area contributed by atoms with Crippen molar-refractivity contribution in [1.29, 1.82) is 0 Å². The lowest BCUT2D eigenvalue weighted by atomic mass is 9.54. The zero-order chi connectivity index (χ0) is 38.0. The van der Waals surface area contributed by atoms with Crippen LogP contribution in [0.3, 0.4) is 0 Å². The van der Waals surface area contributed by atoms with Gasteiger partial charge in [0.15, 0.2) is 116 Å². The summed E-state index contributed by atoms with van der Waals surface area (Å²) in [5, 5.41) is 0. The van der Waals surface area contributed by atoms with Crippen LogP contribution in [0.2, 0.25) is 5.79 Å². The number of halogens is 20. The van der Waals surface area contributed by atoms with Gasteiger partial charge in [0.1, 0.15) is 0 Å². The van der Waals surface area contributed by atoms with Crippen LogP contribution in [-0.2, 0) is 7.41 Å². The van der Waals surface area contributed by atoms with Gasteiger partial charge in [-0.15, -0.1) is 0 Å². The molecule has 0 atom stereocenters. The normalized spacial score (nSPS) is 11.5. The summed E-state index contributed by atoms with van der Waals surface area (Å²) in [4.78, 5) is 0. The van der Waals surface area contributed by atoms with E-state index in [4.69, 9.17) is 0 Å². The molecule has 0 N–H and O–H groups in total. The maximum absolute atomic E-state index is 14.8. The largest absolute Gasteiger partial charge is 0.640 e. The zero-order valence-corrected chi connectivity index (χ0v) is 24.3. The van der Waals surface area contributed by atoms with Gasteiger partial charge in [-0.05, 0) is 0 Å². The third-order valence-corrected chi connectivity index (χ3v) is 7.99. The van der Waals surface area contributed by atoms with Gasteiger partial charge in [-0.1, -0.05) is 5.79 Å². The Morgan fingerprint density at radius 1 is 0.260 bits per heavy atom. The topological polar surface area (TPSA) is 18.5 Å². The maximum Gasteiger partial charge on any atom is 0.640 e. The van der Waals surface area contributed by atoms with Gasteiger partial charge in [0.25, 0.3) is 0 Å². The van der Waals surface area contributed by atoms with Gasteiger partial charge in [-0.25, -0.2) is 87.8 Å². The molecule has 0 fully saturated rings. The van der Waals surface area contributed by atoms with Gasteiger partial charge in [0.2, 0.25) is 0 Å². The highest BCUT2D eigenvalue weighted by atomic mass is 27.2. The SMILES string of the molecule is [CH3][Al]([O]B(c1c(F)c(F)c(F)c(F)c1F)c1c(F)c(F)c(F)c(F)c1F)[O]B(c1c(F)c(F)c(F)c(F)c1F)c1c(F)c(F)c(F)c(F)c1F. The molecule has 0 amide bonds. The van der Waals surface area contributed by atoms with Crippen LogP contribution in [0.5, 0.6) is 0 Å². The Kier molecular flexibility index (Phi) is 10.9. The minimum atomic E-state index is -5.02. The van der Waals surface area contributed by atoms with E-state index in [0.717, 1.165) is 0 Å². The molecule has 0 aromatic heterocycles. The molecule has 4 rings (SSSR count). The summed E-state index contributed by atoms with van der Waals surface area (Å²) in [6.07, 6.45) is 0. The molecule has 0 heterocycles. The van der Waals surface area contributed by atoms with Crippen LogP contribution in [0.15, 0.2) is 0 Å². The van der Waals surface area contributed by atoms with Crippen molar-refractivity contribution in [3.8, 4) is 0 Å². The third kappa shape index (κ3) is 6.07. The highest BCUT2D eigenvalue weighted by molar-refractivity contribution is 6.88. The molecule has 0 radical (unpaired) electrons. The first-order valence-corrected chi connectivity index (χ1v) is 14.6. The molecule has 0 aliphatic heterocycles. The van der Waals surface area contributed by atoms with E-state index in [9.17, 15) is 87.8 Å². The fraction of sp³-hybridized carbons (Fsp3) is 0.0400. The van der Waals surface area contributed by atoms with Crippen molar-refractivity contribution < 1.29 is 95.2 Å². The monoisotopic (exact) mass is 764 g/mol. The highest BCUT2D eigenvalue weighted by Crippen LogP contribution is 2.24. The second-order valence-corrected chi connectivity index (χ2v) is 11.2. The maximum atomic E-state index is 14.8. The summed E-state index contributed by atoms with van der Waals surface area (Å²) in [5.41, 5.74) is -10.3. The Labute approximate surface area is 268 Å². The standard InChI is InChI=1S/2C12BF10O.CH3.Al/c2*14-3-1(4(15)8(19)11(22)7(3)18)13(24)2-5(16)9(20)12(23)10(21)6(2)17;;/h;;1H3;/q2*-1;;+2. The van der Waals surface area contributed by atoms with Gasteiger partial charge in [0.05, 0.1) is 0 Å². The van der Waals surface area contributed by atoms with Crippen LogP contribution < -0.4 is 21.9 Å². The van der Waals surface area contributed by atoms with E-state index in [1.807, 2.05) is 0 Å². The Hall–Kier alpha value is -3.94. The molecular weight excluding hydrogens is 761 g/mol. The van der Waals surface area contributed by atoms with Gasteiger partial charge in [-0.2, -0.15) is 0 Å². The molecule has 264 valence electrons. The van der Waals surface area contributed by atoms with Crippen molar-refractivity contribution in [2.24, 2.45) is 0 Å². The molecule has 0 aliphatic carbocycles. The van der Waals surface area contributed by atoms with Gasteiger partial charge < -0.3 is 7.41 Å². The van der Waals surface area contributed by atoms with E-state index in [1.54, 1.807) is 0 Å². The lowest BCUT2D eigenvalue weighted by Gasteiger charge is -2.25. The lowest BCUT2D eigenvalue weighted by molar-refractivity contribution is 0.375. The number of hydrogen-bond acceptors (Lipinski definition) is 2. The summed E-state index contributed by atoms with van der Waals surface area (Å²) in [7, 11) is 0. The average Bonchev–Trinajstić information content (AvgIpc) is 3.07. The van der Waals surface area contributed by atoms with E-state index in [2.05, 4.69) is 7.41 Å². The molecule has 0 spiro atoms. The lowest BCUT2D eigenvalue weighted by Crippen LogP contribution is -2.59. The fourth-order valence-corrected chi connectivity index (χ4v) is 5.76. The van der Waals surface area contributed by atoms with Crippen LogP contribution in [0, 0.1) is 116 Å². The van der Waals surface area contributed by atoms with Crippen molar-refractivity contribution in [2.45, 2.75) is 5.79 Å². The predicted molar refractivity (Wildman–Crippen MR) is 129 cm³/mol. The molecule has 4 aromatic carbocycles. The summed E-state index contributed by atoms with van der Waals surface area (Å²) in [6, 6.07) is 0. The number of hydrogen-bond donors (Lipinski definition) is 0. The van der Waals surface area contributed by atoms with Crippen LogP contribution in [0.4, 0.5) is 87.8 Å². The number of benzene rings is 4. The summed E-state index contributed by atoms with van der Waals surface area (Å²) >= 11 is -5.02. The molecule has 0 unspecified atom stereocenters. The van der Waals surface area contributed by atoms with E-state index < -0.39 is 167 Å². The Morgan fingerprint density at radius 2 is 0.380 bits per heavy atom. The molecule has 25 heteroatoms. The molecule has 0 saturated heterocycles. The van der Waals surface area contributed by atoms with E-state index in [-0.39, 0.29) is 5.79 Å². The molecule has 50 heavy (non-hydrogen) atoms. The third-order valence-electron chi connectivity index (χ3n) is 6.68. The Bertz CT molecular complexity index is 1680. The Balaban J connectivity index is 2.04. The first-order valence-electron chi connectivity index (χ1n) is 12.5. The van der Waals surface area contributed by atoms with Gasteiger partial charge in [0, 0.05) is 21.9 Å². The molecule has 0 aliphatic rings. The fourth-order valence-electron chi connectivity index (χ4n) is 4.38. The minimum absolute atomic E-state index is 0.232. The second kappa shape index (κ2) is 14.0. The summed E-state index contributed by atoms with van der Waals surface area (Å²) in [6.45, 7) is -7.61. The average molecular weight is 764 g/mol. The van der Waals surface area contributed by atoms with Crippen LogP contribution in [0.25, 0.3) is 0 Å². The smallest absolute Gasteiger partial charge is 0.538 e. The van der Waals surface area contributed by atoms with Crippen molar-refractivity contribution >= 4 is 50.5 Å². The van der Waals surface area contributed by atoms with E-state index in [0.29, 0.717) is 0 Å². The summed E-state index contributed by atoms with van der Waals surface area (Å²) in [5.74, 6) is -60.1. The first kappa shape index (κ1) is 38.9. The molecule has 2 nitrogen and oxygen atoms in total. The first-order chi connectivity index (χ1) is 23.1. The number of rotatable bonds is 8. The highest BCUT2D eigenvalue weighted by Gasteiger charge is 2.47. The molecular formula is C25H3AlB2F20O2. The van der Waals surface area contributed by atoms with Crippen molar-refractivity contribution in [2.75, 3.05) is 0 Å². The van der Waals surface area contributed by atoms with E-state index in [1.165, 1.54) is 0 Å². The van der Waals surface area contributed by atoms with Gasteiger partial charge >= 0.3 is 28.6 Å². The molecule has 0 bridgehead atoms. The minimum Gasteiger partial charge on any atom is -0.538 e. The van der Waals surface area contributed by atoms with Gasteiger partial charge in [-0.3, -0.25) is 0 Å².